The molecule has 1 aliphatic rings. The maximum Gasteiger partial charge on any atom is 0.0320 e. The van der Waals surface area contributed by atoms with Gasteiger partial charge in [0.2, 0.25) is 0 Å². The zero-order valence-corrected chi connectivity index (χ0v) is 13.5. The van der Waals surface area contributed by atoms with Crippen LogP contribution in [0.4, 0.5) is 0 Å². The van der Waals surface area contributed by atoms with Crippen LogP contribution in [0.2, 0.25) is 0 Å². The van der Waals surface area contributed by atoms with E-state index in [0.29, 0.717) is 12.1 Å². The number of rotatable bonds is 5. The molecule has 1 aromatic rings. The van der Waals surface area contributed by atoms with Gasteiger partial charge in [0.25, 0.3) is 0 Å². The van der Waals surface area contributed by atoms with E-state index < -0.39 is 0 Å². The molecule has 1 aliphatic heterocycles. The summed E-state index contributed by atoms with van der Waals surface area (Å²) in [5.74, 6) is 0.805. The second-order valence-corrected chi connectivity index (χ2v) is 6.65. The smallest absolute Gasteiger partial charge is 0.0320 e. The van der Waals surface area contributed by atoms with Gasteiger partial charge in [-0.2, -0.15) is 0 Å². The number of aryl methyl sites for hydroxylation is 1. The SMILES string of the molecule is Cc1ccc(C(C)N2CCCC(CNC(C)C)C2)cc1. The number of nitrogens with zero attached hydrogens (tertiary/aromatic N) is 1. The van der Waals surface area contributed by atoms with Crippen molar-refractivity contribution in [2.24, 2.45) is 5.92 Å². The topological polar surface area (TPSA) is 15.3 Å². The average Bonchev–Trinajstić information content (AvgIpc) is 2.45. The predicted molar refractivity (Wildman–Crippen MR) is 87.0 cm³/mol. The molecule has 0 saturated carbocycles. The van der Waals surface area contributed by atoms with Crippen LogP contribution in [-0.4, -0.2) is 30.6 Å². The van der Waals surface area contributed by atoms with Crippen LogP contribution in [0.1, 0.15) is 50.8 Å². The highest BCUT2D eigenvalue weighted by Crippen LogP contribution is 2.26. The van der Waals surface area contributed by atoms with Gasteiger partial charge in [0.1, 0.15) is 0 Å². The van der Waals surface area contributed by atoms with Crippen molar-refractivity contribution < 1.29 is 0 Å². The van der Waals surface area contributed by atoms with Crippen LogP contribution in [-0.2, 0) is 0 Å². The van der Waals surface area contributed by atoms with E-state index in [-0.39, 0.29) is 0 Å². The second-order valence-electron chi connectivity index (χ2n) is 6.65. The zero-order valence-electron chi connectivity index (χ0n) is 13.5. The summed E-state index contributed by atoms with van der Waals surface area (Å²) in [7, 11) is 0. The Kier molecular flexibility index (Phi) is 5.62. The number of piperidine rings is 1. The summed E-state index contributed by atoms with van der Waals surface area (Å²) in [6.07, 6.45) is 2.71. The third-order valence-corrected chi connectivity index (χ3v) is 4.47. The van der Waals surface area contributed by atoms with Gasteiger partial charge in [-0.15, -0.1) is 0 Å². The largest absolute Gasteiger partial charge is 0.314 e. The minimum Gasteiger partial charge on any atom is -0.314 e. The first kappa shape index (κ1) is 15.5. The number of nitrogens with one attached hydrogen (secondary N) is 1. The maximum atomic E-state index is 3.60. The summed E-state index contributed by atoms with van der Waals surface area (Å²) in [5.41, 5.74) is 2.80. The number of benzene rings is 1. The summed E-state index contributed by atoms with van der Waals surface area (Å²) in [6.45, 7) is 12.6. The molecule has 1 aromatic carbocycles. The molecule has 2 unspecified atom stereocenters. The monoisotopic (exact) mass is 274 g/mol. The third-order valence-electron chi connectivity index (χ3n) is 4.47. The molecule has 112 valence electrons. The van der Waals surface area contributed by atoms with Gasteiger partial charge in [-0.25, -0.2) is 0 Å². The molecular weight excluding hydrogens is 244 g/mol. The van der Waals surface area contributed by atoms with Crippen LogP contribution >= 0.6 is 0 Å². The van der Waals surface area contributed by atoms with Gasteiger partial charge >= 0.3 is 0 Å². The molecule has 0 amide bonds. The highest BCUT2D eigenvalue weighted by Gasteiger charge is 2.24. The Balaban J connectivity index is 1.92. The van der Waals surface area contributed by atoms with Crippen LogP contribution in [0, 0.1) is 12.8 Å². The molecule has 0 aromatic heterocycles. The zero-order chi connectivity index (χ0) is 14.5. The van der Waals surface area contributed by atoms with Crippen LogP contribution in [0.15, 0.2) is 24.3 Å². The van der Waals surface area contributed by atoms with Gasteiger partial charge in [-0.05, 0) is 51.3 Å². The highest BCUT2D eigenvalue weighted by atomic mass is 15.2. The van der Waals surface area contributed by atoms with Gasteiger partial charge in [0.05, 0.1) is 0 Å². The van der Waals surface area contributed by atoms with Crippen molar-refractivity contribution in [3.8, 4) is 0 Å². The van der Waals surface area contributed by atoms with Crippen molar-refractivity contribution in [3.05, 3.63) is 35.4 Å². The van der Waals surface area contributed by atoms with Crippen LogP contribution < -0.4 is 5.32 Å². The molecule has 0 aliphatic carbocycles. The molecule has 0 radical (unpaired) electrons. The maximum absolute atomic E-state index is 3.60. The third kappa shape index (κ3) is 4.32. The molecular formula is C18H30N2. The Morgan fingerprint density at radius 3 is 2.55 bits per heavy atom. The van der Waals surface area contributed by atoms with Crippen LogP contribution in [0.5, 0.6) is 0 Å². The Hall–Kier alpha value is -0.860. The van der Waals surface area contributed by atoms with E-state index in [1.165, 1.54) is 37.1 Å². The molecule has 1 heterocycles. The lowest BCUT2D eigenvalue weighted by atomic mass is 9.95. The van der Waals surface area contributed by atoms with Crippen molar-refractivity contribution >= 4 is 0 Å². The fourth-order valence-electron chi connectivity index (χ4n) is 3.07. The van der Waals surface area contributed by atoms with Gasteiger partial charge in [0, 0.05) is 18.6 Å². The van der Waals surface area contributed by atoms with Crippen molar-refractivity contribution in [1.82, 2.24) is 10.2 Å². The molecule has 2 atom stereocenters. The minimum atomic E-state index is 0.539. The van der Waals surface area contributed by atoms with Gasteiger partial charge in [0.15, 0.2) is 0 Å². The highest BCUT2D eigenvalue weighted by molar-refractivity contribution is 5.23. The van der Waals surface area contributed by atoms with Crippen molar-refractivity contribution in [2.75, 3.05) is 19.6 Å². The van der Waals surface area contributed by atoms with Gasteiger partial charge < -0.3 is 5.32 Å². The molecule has 1 saturated heterocycles. The molecule has 0 spiro atoms. The van der Waals surface area contributed by atoms with Crippen molar-refractivity contribution in [3.63, 3.8) is 0 Å². The normalized spacial score (nSPS) is 22.1. The lowest BCUT2D eigenvalue weighted by Crippen LogP contribution is -2.41. The Morgan fingerprint density at radius 2 is 1.90 bits per heavy atom. The average molecular weight is 274 g/mol. The molecule has 0 bridgehead atoms. The molecule has 2 nitrogen and oxygen atoms in total. The van der Waals surface area contributed by atoms with Gasteiger partial charge in [-0.3, -0.25) is 4.90 Å². The molecule has 1 fully saturated rings. The Bertz CT molecular complexity index is 396. The van der Waals surface area contributed by atoms with Gasteiger partial charge in [-0.1, -0.05) is 43.7 Å². The number of hydrogen-bond donors (Lipinski definition) is 1. The van der Waals surface area contributed by atoms with E-state index in [4.69, 9.17) is 0 Å². The summed E-state index contributed by atoms with van der Waals surface area (Å²) < 4.78 is 0. The molecule has 2 rings (SSSR count). The molecule has 1 N–H and O–H groups in total. The van der Waals surface area contributed by atoms with E-state index in [1.807, 2.05) is 0 Å². The quantitative estimate of drug-likeness (QED) is 0.879. The van der Waals surface area contributed by atoms with Crippen LogP contribution in [0.3, 0.4) is 0 Å². The first-order valence-electron chi connectivity index (χ1n) is 8.10. The second kappa shape index (κ2) is 7.24. The van der Waals surface area contributed by atoms with E-state index >= 15 is 0 Å². The van der Waals surface area contributed by atoms with E-state index in [1.54, 1.807) is 0 Å². The Labute approximate surface area is 124 Å². The van der Waals surface area contributed by atoms with E-state index in [9.17, 15) is 0 Å². The first-order valence-corrected chi connectivity index (χ1v) is 8.10. The molecule has 2 heteroatoms. The lowest BCUT2D eigenvalue weighted by molar-refractivity contribution is 0.129. The Morgan fingerprint density at radius 1 is 1.20 bits per heavy atom. The van der Waals surface area contributed by atoms with E-state index in [2.05, 4.69) is 62.2 Å². The fraction of sp³-hybridized carbons (Fsp3) is 0.667. The standard InChI is InChI=1S/C18H30N2/c1-14(2)19-12-17-6-5-11-20(13-17)16(4)18-9-7-15(3)8-10-18/h7-10,14,16-17,19H,5-6,11-13H2,1-4H3. The lowest BCUT2D eigenvalue weighted by Gasteiger charge is -2.37. The van der Waals surface area contributed by atoms with E-state index in [0.717, 1.165) is 12.5 Å². The summed E-state index contributed by atoms with van der Waals surface area (Å²) in [5, 5.41) is 3.60. The summed E-state index contributed by atoms with van der Waals surface area (Å²) >= 11 is 0. The predicted octanol–water partition coefficient (Wildman–Crippen LogP) is 3.77. The number of likely N-dealkylation sites (tertiary alicyclic amines) is 1. The molecule has 20 heavy (non-hydrogen) atoms. The fourth-order valence-corrected chi connectivity index (χ4v) is 3.07. The number of hydrogen-bond acceptors (Lipinski definition) is 2. The van der Waals surface area contributed by atoms with Crippen molar-refractivity contribution in [1.29, 1.82) is 0 Å². The van der Waals surface area contributed by atoms with Crippen LogP contribution in [0.25, 0.3) is 0 Å². The minimum absolute atomic E-state index is 0.539. The first-order chi connectivity index (χ1) is 9.56. The summed E-state index contributed by atoms with van der Waals surface area (Å²) in [4.78, 5) is 2.65. The summed E-state index contributed by atoms with van der Waals surface area (Å²) in [6, 6.07) is 10.2. The van der Waals surface area contributed by atoms with Crippen molar-refractivity contribution in [2.45, 2.75) is 52.6 Å².